The van der Waals surface area contributed by atoms with Crippen LogP contribution < -0.4 is 5.32 Å². The number of rotatable bonds is 7. The van der Waals surface area contributed by atoms with E-state index in [0.29, 0.717) is 23.4 Å². The molecule has 1 heterocycles. The van der Waals surface area contributed by atoms with Gasteiger partial charge < -0.3 is 10.1 Å². The van der Waals surface area contributed by atoms with Crippen LogP contribution in [0, 0.1) is 0 Å². The molecule has 0 radical (unpaired) electrons. The Bertz CT molecular complexity index is 1080. The van der Waals surface area contributed by atoms with Crippen molar-refractivity contribution in [3.05, 3.63) is 75.1 Å². The molecule has 32 heavy (non-hydrogen) atoms. The molecule has 0 aliphatic carbocycles. The molecule has 0 spiro atoms. The number of carbonyl (C=O) groups is 2. The summed E-state index contributed by atoms with van der Waals surface area (Å²) < 4.78 is 6.23. The van der Waals surface area contributed by atoms with Crippen molar-refractivity contribution in [2.75, 3.05) is 11.9 Å². The maximum Gasteiger partial charge on any atom is 0.341 e. The second-order valence-electron chi connectivity index (χ2n) is 8.58. The number of halogens is 1. The molecule has 6 heteroatoms. The molecule has 3 aromatic rings. The van der Waals surface area contributed by atoms with E-state index in [-0.39, 0.29) is 17.9 Å². The van der Waals surface area contributed by atoms with Crippen molar-refractivity contribution in [2.45, 2.75) is 46.0 Å². The molecular formula is C26H28BrNO3S. The van der Waals surface area contributed by atoms with Gasteiger partial charge in [-0.2, -0.15) is 0 Å². The summed E-state index contributed by atoms with van der Waals surface area (Å²) in [5, 5.41) is 5.33. The third kappa shape index (κ3) is 6.08. The summed E-state index contributed by atoms with van der Waals surface area (Å²) in [4.78, 5) is 25.4. The van der Waals surface area contributed by atoms with Gasteiger partial charge in [-0.05, 0) is 47.6 Å². The highest BCUT2D eigenvalue weighted by Gasteiger charge is 2.23. The molecule has 1 N–H and O–H groups in total. The zero-order chi connectivity index (χ0) is 23.3. The van der Waals surface area contributed by atoms with E-state index >= 15 is 0 Å². The quantitative estimate of drug-likeness (QED) is 0.339. The predicted octanol–water partition coefficient (Wildman–Crippen LogP) is 7.22. The third-order valence-electron chi connectivity index (χ3n) is 5.14. The SMILES string of the molecule is CCOC(=O)c1c(-c2ccc(Br)cc2)csc1NC(=O)CCc1ccc(C(C)(C)C)cc1. The molecule has 1 amide bonds. The average Bonchev–Trinajstić information content (AvgIpc) is 3.16. The first-order valence-electron chi connectivity index (χ1n) is 10.6. The van der Waals surface area contributed by atoms with Gasteiger partial charge >= 0.3 is 5.97 Å². The molecule has 2 aromatic carbocycles. The van der Waals surface area contributed by atoms with E-state index in [1.807, 2.05) is 29.6 Å². The molecule has 1 aromatic heterocycles. The van der Waals surface area contributed by atoms with Gasteiger partial charge in [0.15, 0.2) is 0 Å². The molecule has 0 aliphatic rings. The number of esters is 1. The van der Waals surface area contributed by atoms with Crippen LogP contribution in [0.4, 0.5) is 5.00 Å². The number of carbonyl (C=O) groups excluding carboxylic acids is 2. The molecule has 0 aliphatic heterocycles. The summed E-state index contributed by atoms with van der Waals surface area (Å²) in [6.45, 7) is 8.58. The Balaban J connectivity index is 1.74. The maximum absolute atomic E-state index is 12.7. The number of nitrogens with one attached hydrogen (secondary N) is 1. The van der Waals surface area contributed by atoms with Gasteiger partial charge in [-0.1, -0.05) is 73.1 Å². The number of ether oxygens (including phenoxy) is 1. The van der Waals surface area contributed by atoms with Gasteiger partial charge in [0, 0.05) is 21.8 Å². The maximum atomic E-state index is 12.7. The van der Waals surface area contributed by atoms with Crippen molar-refractivity contribution >= 4 is 44.1 Å². The highest BCUT2D eigenvalue weighted by atomic mass is 79.9. The zero-order valence-electron chi connectivity index (χ0n) is 18.8. The monoisotopic (exact) mass is 513 g/mol. The molecule has 0 atom stereocenters. The third-order valence-corrected chi connectivity index (χ3v) is 6.56. The molecule has 0 saturated carbocycles. The van der Waals surface area contributed by atoms with E-state index in [4.69, 9.17) is 4.74 Å². The molecule has 0 unspecified atom stereocenters. The lowest BCUT2D eigenvalue weighted by Gasteiger charge is -2.19. The van der Waals surface area contributed by atoms with E-state index in [2.05, 4.69) is 66.3 Å². The fourth-order valence-corrected chi connectivity index (χ4v) is 4.55. The van der Waals surface area contributed by atoms with Crippen LogP contribution in [0.15, 0.2) is 58.4 Å². The summed E-state index contributed by atoms with van der Waals surface area (Å²) in [5.74, 6) is -0.556. The van der Waals surface area contributed by atoms with Gasteiger partial charge in [-0.15, -0.1) is 11.3 Å². The van der Waals surface area contributed by atoms with Crippen molar-refractivity contribution in [3.8, 4) is 11.1 Å². The second kappa shape index (κ2) is 10.5. The summed E-state index contributed by atoms with van der Waals surface area (Å²) in [7, 11) is 0. The van der Waals surface area contributed by atoms with Crippen LogP contribution in [0.3, 0.4) is 0 Å². The highest BCUT2D eigenvalue weighted by molar-refractivity contribution is 9.10. The van der Waals surface area contributed by atoms with Crippen LogP contribution >= 0.6 is 27.3 Å². The molecular weight excluding hydrogens is 486 g/mol. The molecule has 0 fully saturated rings. The van der Waals surface area contributed by atoms with Gasteiger partial charge in [0.05, 0.1) is 6.61 Å². The minimum absolute atomic E-state index is 0.102. The van der Waals surface area contributed by atoms with Gasteiger partial charge in [-0.25, -0.2) is 4.79 Å². The van der Waals surface area contributed by atoms with Crippen LogP contribution in [0.5, 0.6) is 0 Å². The number of benzene rings is 2. The Morgan fingerprint density at radius 3 is 2.28 bits per heavy atom. The minimum Gasteiger partial charge on any atom is -0.462 e. The second-order valence-corrected chi connectivity index (χ2v) is 10.4. The van der Waals surface area contributed by atoms with E-state index in [0.717, 1.165) is 21.2 Å². The van der Waals surface area contributed by atoms with Crippen molar-refractivity contribution in [1.82, 2.24) is 0 Å². The van der Waals surface area contributed by atoms with E-state index in [1.165, 1.54) is 16.9 Å². The number of hydrogen-bond donors (Lipinski definition) is 1. The van der Waals surface area contributed by atoms with Crippen LogP contribution in [0.1, 0.15) is 55.6 Å². The number of amides is 1. The number of thiophene rings is 1. The predicted molar refractivity (Wildman–Crippen MR) is 136 cm³/mol. The summed E-state index contributed by atoms with van der Waals surface area (Å²) in [6.07, 6.45) is 0.971. The van der Waals surface area contributed by atoms with Crippen molar-refractivity contribution in [2.24, 2.45) is 0 Å². The Morgan fingerprint density at radius 2 is 1.69 bits per heavy atom. The molecule has 3 rings (SSSR count). The van der Waals surface area contributed by atoms with Crippen LogP contribution in [0.25, 0.3) is 11.1 Å². The Hall–Kier alpha value is -2.44. The lowest BCUT2D eigenvalue weighted by molar-refractivity contribution is -0.116. The average molecular weight is 514 g/mol. The number of hydrogen-bond acceptors (Lipinski definition) is 4. The van der Waals surface area contributed by atoms with Crippen molar-refractivity contribution < 1.29 is 14.3 Å². The fraction of sp³-hybridized carbons (Fsp3) is 0.308. The highest BCUT2D eigenvalue weighted by Crippen LogP contribution is 2.37. The largest absolute Gasteiger partial charge is 0.462 e. The Kier molecular flexibility index (Phi) is 7.91. The molecule has 168 valence electrons. The molecule has 0 bridgehead atoms. The zero-order valence-corrected chi connectivity index (χ0v) is 21.2. The first-order chi connectivity index (χ1) is 15.2. The smallest absolute Gasteiger partial charge is 0.341 e. The normalized spacial score (nSPS) is 11.3. The number of anilines is 1. The summed E-state index contributed by atoms with van der Waals surface area (Å²) in [6, 6.07) is 16.1. The first kappa shape index (κ1) is 24.2. The standard InChI is InChI=1S/C26H28BrNO3S/c1-5-31-25(30)23-21(18-9-13-20(27)14-10-18)16-32-24(23)28-22(29)15-8-17-6-11-19(12-7-17)26(2,3)4/h6-7,9-14,16H,5,8,15H2,1-4H3,(H,28,29). The topological polar surface area (TPSA) is 55.4 Å². The van der Waals surface area contributed by atoms with Crippen molar-refractivity contribution in [1.29, 1.82) is 0 Å². The first-order valence-corrected chi connectivity index (χ1v) is 12.3. The van der Waals surface area contributed by atoms with Gasteiger partial charge in [0.2, 0.25) is 5.91 Å². The van der Waals surface area contributed by atoms with E-state index in [1.54, 1.807) is 6.92 Å². The van der Waals surface area contributed by atoms with Crippen LogP contribution in [0.2, 0.25) is 0 Å². The summed E-state index contributed by atoms with van der Waals surface area (Å²) in [5.41, 5.74) is 4.54. The molecule has 4 nitrogen and oxygen atoms in total. The number of aryl methyl sites for hydroxylation is 1. The Labute approximate surface area is 202 Å². The minimum atomic E-state index is -0.431. The molecule has 0 saturated heterocycles. The van der Waals surface area contributed by atoms with Crippen LogP contribution in [-0.2, 0) is 21.4 Å². The Morgan fingerprint density at radius 1 is 1.03 bits per heavy atom. The van der Waals surface area contributed by atoms with Crippen LogP contribution in [-0.4, -0.2) is 18.5 Å². The van der Waals surface area contributed by atoms with E-state index in [9.17, 15) is 9.59 Å². The van der Waals surface area contributed by atoms with E-state index < -0.39 is 5.97 Å². The van der Waals surface area contributed by atoms with Gasteiger partial charge in [0.25, 0.3) is 0 Å². The van der Waals surface area contributed by atoms with Gasteiger partial charge in [0.1, 0.15) is 10.6 Å². The lowest BCUT2D eigenvalue weighted by Crippen LogP contribution is -2.15. The summed E-state index contributed by atoms with van der Waals surface area (Å²) >= 11 is 4.77. The lowest BCUT2D eigenvalue weighted by atomic mass is 9.86. The van der Waals surface area contributed by atoms with Gasteiger partial charge in [-0.3, -0.25) is 4.79 Å². The fourth-order valence-electron chi connectivity index (χ4n) is 3.32. The van der Waals surface area contributed by atoms with Crippen molar-refractivity contribution in [3.63, 3.8) is 0 Å².